The second kappa shape index (κ2) is 10.3. The number of carbonyl (C=O) groups is 4. The van der Waals surface area contributed by atoms with E-state index in [-0.39, 0.29) is 0 Å². The van der Waals surface area contributed by atoms with E-state index in [9.17, 15) is 19.2 Å². The molecule has 27 heavy (non-hydrogen) atoms. The van der Waals surface area contributed by atoms with Crippen LogP contribution in [0.1, 0.15) is 34.1 Å². The average Bonchev–Trinajstić information content (AvgIpc) is 2.56. The van der Waals surface area contributed by atoms with Crippen molar-refractivity contribution < 1.29 is 38.1 Å². The Morgan fingerprint density at radius 1 is 1.04 bits per heavy atom. The van der Waals surface area contributed by atoms with Crippen LogP contribution in [0.25, 0.3) is 10.4 Å². The molecular formula is C15H22N4O8. The van der Waals surface area contributed by atoms with Crippen LogP contribution in [0, 0.1) is 0 Å². The van der Waals surface area contributed by atoms with Gasteiger partial charge in [-0.25, -0.2) is 0 Å². The summed E-state index contributed by atoms with van der Waals surface area (Å²) in [4.78, 5) is 49.0. The highest BCUT2D eigenvalue weighted by atomic mass is 16.7. The molecule has 2 unspecified atom stereocenters. The number of nitrogens with one attached hydrogen (secondary N) is 1. The lowest BCUT2D eigenvalue weighted by Crippen LogP contribution is -2.66. The Balaban J connectivity index is 3.25. The second-order valence-corrected chi connectivity index (χ2v) is 5.69. The number of nitrogens with zero attached hydrogens (tertiary/aromatic N) is 3. The van der Waals surface area contributed by atoms with Crippen LogP contribution in [0.2, 0.25) is 0 Å². The average molecular weight is 386 g/mol. The Labute approximate surface area is 155 Å². The Hall–Kier alpha value is -2.85. The van der Waals surface area contributed by atoms with Gasteiger partial charge in [0.05, 0.1) is 0 Å². The molecule has 5 atom stereocenters. The topological polar surface area (TPSA) is 166 Å². The summed E-state index contributed by atoms with van der Waals surface area (Å²) in [6.45, 7) is 4.65. The molecule has 1 aliphatic heterocycles. The molecule has 1 heterocycles. The zero-order valence-corrected chi connectivity index (χ0v) is 15.4. The summed E-state index contributed by atoms with van der Waals surface area (Å²) in [5.74, 6) is -2.78. The monoisotopic (exact) mass is 386 g/mol. The van der Waals surface area contributed by atoms with Crippen LogP contribution in [0.15, 0.2) is 5.11 Å². The molecular weight excluding hydrogens is 364 g/mol. The van der Waals surface area contributed by atoms with Crippen LogP contribution in [0.5, 0.6) is 0 Å². The second-order valence-electron chi connectivity index (χ2n) is 5.69. The summed E-state index contributed by atoms with van der Waals surface area (Å²) in [6, 6.07) is -1.19. The Bertz CT molecular complexity index is 633. The Kier molecular flexibility index (Phi) is 8.49. The van der Waals surface area contributed by atoms with Gasteiger partial charge in [0.2, 0.25) is 12.2 Å². The first-order valence-electron chi connectivity index (χ1n) is 8.16. The predicted molar refractivity (Wildman–Crippen MR) is 87.8 cm³/mol. The maximum absolute atomic E-state index is 12.0. The lowest BCUT2D eigenvalue weighted by atomic mass is 9.94. The summed E-state index contributed by atoms with van der Waals surface area (Å²) in [5.41, 5.74) is 8.33. The maximum atomic E-state index is 12.0. The van der Waals surface area contributed by atoms with Crippen LogP contribution in [-0.4, -0.2) is 61.0 Å². The molecule has 1 saturated heterocycles. The van der Waals surface area contributed by atoms with Crippen molar-refractivity contribution in [3.63, 3.8) is 0 Å². The molecule has 12 heteroatoms. The van der Waals surface area contributed by atoms with Crippen molar-refractivity contribution >= 4 is 23.8 Å². The third-order valence-corrected chi connectivity index (χ3v) is 3.54. The molecule has 0 bridgehead atoms. The molecule has 1 rings (SSSR count). The SMILES string of the molecule is CC[C@H]1OC(OC(C)=O)[C@H](NC(=O)CN=[N+]=[N-])C(OC(C)=O)[C@@H]1OC(C)=O. The molecule has 1 amide bonds. The van der Waals surface area contributed by atoms with Gasteiger partial charge in [-0.15, -0.1) is 0 Å². The quantitative estimate of drug-likeness (QED) is 0.215. The van der Waals surface area contributed by atoms with Crippen LogP contribution >= 0.6 is 0 Å². The number of amides is 1. The fourth-order valence-corrected chi connectivity index (χ4v) is 2.64. The number of rotatable bonds is 7. The summed E-state index contributed by atoms with van der Waals surface area (Å²) >= 11 is 0. The molecule has 0 aliphatic carbocycles. The van der Waals surface area contributed by atoms with Gasteiger partial charge < -0.3 is 24.3 Å². The lowest BCUT2D eigenvalue weighted by Gasteiger charge is -2.44. The summed E-state index contributed by atoms with van der Waals surface area (Å²) in [5, 5.41) is 5.57. The summed E-state index contributed by atoms with van der Waals surface area (Å²) < 4.78 is 21.3. The zero-order chi connectivity index (χ0) is 20.6. The first kappa shape index (κ1) is 22.2. The number of hydrogen-bond donors (Lipinski definition) is 1. The molecule has 1 fully saturated rings. The standard InChI is InChI=1S/C15H22N4O8/c1-5-10-13(24-7(2)20)14(25-8(3)21)12(15(27-10)26-9(4)22)18-11(23)6-17-19-16/h10,12-15H,5-6H2,1-4H3,(H,18,23)/t10-,12-,13-,14?,15?/m1/s1. The van der Waals surface area contributed by atoms with Crippen LogP contribution in [0.3, 0.4) is 0 Å². The highest BCUT2D eigenvalue weighted by Crippen LogP contribution is 2.29. The van der Waals surface area contributed by atoms with E-state index in [1.54, 1.807) is 6.92 Å². The van der Waals surface area contributed by atoms with Crippen LogP contribution < -0.4 is 5.32 Å². The van der Waals surface area contributed by atoms with E-state index in [1.807, 2.05) is 0 Å². The number of carbonyl (C=O) groups excluding carboxylic acids is 4. The molecule has 12 nitrogen and oxygen atoms in total. The highest BCUT2D eigenvalue weighted by Gasteiger charge is 2.51. The molecule has 0 radical (unpaired) electrons. The third kappa shape index (κ3) is 6.76. The van der Waals surface area contributed by atoms with Gasteiger partial charge in [0.25, 0.3) is 0 Å². The number of ether oxygens (including phenoxy) is 4. The molecule has 150 valence electrons. The molecule has 0 spiro atoms. The minimum absolute atomic E-state index is 0.340. The lowest BCUT2D eigenvalue weighted by molar-refractivity contribution is -0.265. The number of azide groups is 1. The number of esters is 3. The summed E-state index contributed by atoms with van der Waals surface area (Å²) in [6.07, 6.45) is -3.96. The van der Waals surface area contributed by atoms with E-state index in [4.69, 9.17) is 24.5 Å². The normalized spacial score (nSPS) is 26.9. The van der Waals surface area contributed by atoms with Crippen molar-refractivity contribution in [2.45, 2.75) is 64.8 Å². The van der Waals surface area contributed by atoms with Crippen molar-refractivity contribution in [3.05, 3.63) is 10.4 Å². The van der Waals surface area contributed by atoms with E-state index in [0.717, 1.165) is 13.8 Å². The van der Waals surface area contributed by atoms with E-state index in [0.29, 0.717) is 6.42 Å². The summed E-state index contributed by atoms with van der Waals surface area (Å²) in [7, 11) is 0. The van der Waals surface area contributed by atoms with Gasteiger partial charge in [0.15, 0.2) is 12.2 Å². The highest BCUT2D eigenvalue weighted by molar-refractivity contribution is 5.78. The van der Waals surface area contributed by atoms with Crippen LogP contribution in [-0.2, 0) is 38.1 Å². The molecule has 0 aromatic carbocycles. The van der Waals surface area contributed by atoms with Crippen molar-refractivity contribution in [2.75, 3.05) is 6.54 Å². The molecule has 0 aromatic heterocycles. The molecule has 0 saturated carbocycles. The van der Waals surface area contributed by atoms with Gasteiger partial charge >= 0.3 is 17.9 Å². The number of hydrogen-bond acceptors (Lipinski definition) is 9. The van der Waals surface area contributed by atoms with Crippen molar-refractivity contribution in [1.82, 2.24) is 5.32 Å². The Morgan fingerprint density at radius 2 is 1.59 bits per heavy atom. The fourth-order valence-electron chi connectivity index (χ4n) is 2.64. The smallest absolute Gasteiger partial charge is 0.305 e. The van der Waals surface area contributed by atoms with E-state index < -0.39 is 61.0 Å². The van der Waals surface area contributed by atoms with E-state index in [1.165, 1.54) is 6.92 Å². The fraction of sp³-hybridized carbons (Fsp3) is 0.733. The van der Waals surface area contributed by atoms with E-state index in [2.05, 4.69) is 15.3 Å². The van der Waals surface area contributed by atoms with Crippen molar-refractivity contribution in [1.29, 1.82) is 0 Å². The minimum atomic E-state index is -1.31. The molecule has 1 N–H and O–H groups in total. The minimum Gasteiger partial charge on any atom is -0.456 e. The zero-order valence-electron chi connectivity index (χ0n) is 15.4. The van der Waals surface area contributed by atoms with Crippen molar-refractivity contribution in [3.8, 4) is 0 Å². The van der Waals surface area contributed by atoms with Gasteiger partial charge in [-0.2, -0.15) is 0 Å². The first-order chi connectivity index (χ1) is 12.7. The van der Waals surface area contributed by atoms with Gasteiger partial charge in [0.1, 0.15) is 18.7 Å². The van der Waals surface area contributed by atoms with Gasteiger partial charge in [0, 0.05) is 25.7 Å². The maximum Gasteiger partial charge on any atom is 0.305 e. The van der Waals surface area contributed by atoms with Gasteiger partial charge in [-0.05, 0) is 12.0 Å². The third-order valence-electron chi connectivity index (χ3n) is 3.54. The van der Waals surface area contributed by atoms with Crippen molar-refractivity contribution in [2.24, 2.45) is 5.11 Å². The van der Waals surface area contributed by atoms with Crippen LogP contribution in [0.4, 0.5) is 0 Å². The molecule has 0 aromatic rings. The molecule has 1 aliphatic rings. The predicted octanol–water partition coefficient (Wildman–Crippen LogP) is 0.343. The van der Waals surface area contributed by atoms with Gasteiger partial charge in [-0.3, -0.25) is 19.2 Å². The van der Waals surface area contributed by atoms with E-state index >= 15 is 0 Å². The first-order valence-corrected chi connectivity index (χ1v) is 8.16. The van der Waals surface area contributed by atoms with Gasteiger partial charge in [-0.1, -0.05) is 12.0 Å². The Morgan fingerprint density at radius 3 is 2.07 bits per heavy atom. The largest absolute Gasteiger partial charge is 0.456 e.